The molecule has 142 valence electrons. The summed E-state index contributed by atoms with van der Waals surface area (Å²) < 4.78 is 65.5. The van der Waals surface area contributed by atoms with Crippen LogP contribution in [0, 0.1) is 0 Å². The summed E-state index contributed by atoms with van der Waals surface area (Å²) in [6, 6.07) is 7.81. The summed E-state index contributed by atoms with van der Waals surface area (Å²) in [6.45, 7) is 1.45. The van der Waals surface area contributed by atoms with E-state index in [0.29, 0.717) is 18.7 Å². The molecule has 0 fully saturated rings. The van der Waals surface area contributed by atoms with Gasteiger partial charge in [-0.3, -0.25) is 0 Å². The summed E-state index contributed by atoms with van der Waals surface area (Å²) in [5, 5.41) is 2.89. The molecule has 1 heterocycles. The summed E-state index contributed by atoms with van der Waals surface area (Å²) in [6.07, 6.45) is -4.68. The zero-order valence-electron chi connectivity index (χ0n) is 13.2. The minimum absolute atomic E-state index is 0. The fourth-order valence-electron chi connectivity index (χ4n) is 2.60. The zero-order valence-corrected chi connectivity index (χ0v) is 15.6. The number of nitrogens with one attached hydrogen (secondary N) is 2. The lowest BCUT2D eigenvalue weighted by Gasteiger charge is -2.12. The Labute approximate surface area is 160 Å². The van der Waals surface area contributed by atoms with Gasteiger partial charge in [-0.2, -0.15) is 13.2 Å². The molecule has 0 aromatic heterocycles. The van der Waals surface area contributed by atoms with Gasteiger partial charge >= 0.3 is 6.18 Å². The first-order valence-corrected chi connectivity index (χ1v) is 9.20. The van der Waals surface area contributed by atoms with Crippen molar-refractivity contribution in [2.45, 2.75) is 30.7 Å². The van der Waals surface area contributed by atoms with Gasteiger partial charge in [0.2, 0.25) is 10.0 Å². The van der Waals surface area contributed by atoms with Crippen LogP contribution in [-0.4, -0.2) is 8.42 Å². The van der Waals surface area contributed by atoms with E-state index in [1.54, 1.807) is 6.07 Å². The van der Waals surface area contributed by atoms with Gasteiger partial charge in [0.1, 0.15) is 0 Å². The third-order valence-electron chi connectivity index (χ3n) is 3.88. The quantitative estimate of drug-likeness (QED) is 0.779. The van der Waals surface area contributed by atoms with Gasteiger partial charge in [-0.1, -0.05) is 29.8 Å². The van der Waals surface area contributed by atoms with Gasteiger partial charge in [0, 0.05) is 24.7 Å². The van der Waals surface area contributed by atoms with Crippen molar-refractivity contribution >= 4 is 34.0 Å². The lowest BCUT2D eigenvalue weighted by molar-refractivity contribution is -0.137. The van der Waals surface area contributed by atoms with E-state index in [2.05, 4.69) is 10.0 Å². The number of alkyl halides is 3. The molecule has 2 aromatic rings. The molecule has 2 N–H and O–H groups in total. The fraction of sp³-hybridized carbons (Fsp3) is 0.250. The van der Waals surface area contributed by atoms with Crippen LogP contribution in [0.5, 0.6) is 0 Å². The molecular weight excluding hydrogens is 412 g/mol. The molecular formula is C16H15Cl2F3N2O2S. The Morgan fingerprint density at radius 3 is 2.46 bits per heavy atom. The lowest BCUT2D eigenvalue weighted by atomic mass is 10.1. The van der Waals surface area contributed by atoms with Crippen molar-refractivity contribution in [1.82, 2.24) is 10.0 Å². The van der Waals surface area contributed by atoms with E-state index in [1.165, 1.54) is 0 Å². The average Bonchev–Trinajstić information content (AvgIpc) is 2.99. The van der Waals surface area contributed by atoms with Crippen LogP contribution in [0.25, 0.3) is 0 Å². The van der Waals surface area contributed by atoms with Crippen LogP contribution >= 0.6 is 24.0 Å². The van der Waals surface area contributed by atoms with Crippen LogP contribution in [0.1, 0.15) is 22.3 Å². The maximum absolute atomic E-state index is 12.8. The third kappa shape index (κ3) is 4.69. The number of sulfonamides is 1. The van der Waals surface area contributed by atoms with E-state index in [4.69, 9.17) is 11.6 Å². The molecule has 10 heteroatoms. The smallest absolute Gasteiger partial charge is 0.309 e. The lowest BCUT2D eigenvalue weighted by Crippen LogP contribution is -2.24. The van der Waals surface area contributed by atoms with Crippen LogP contribution in [0.2, 0.25) is 5.02 Å². The molecule has 0 aliphatic carbocycles. The second-order valence-electron chi connectivity index (χ2n) is 5.70. The van der Waals surface area contributed by atoms with E-state index in [0.717, 1.165) is 29.3 Å². The van der Waals surface area contributed by atoms with E-state index < -0.39 is 26.7 Å². The first-order valence-electron chi connectivity index (χ1n) is 7.34. The third-order valence-corrected chi connectivity index (χ3v) is 5.48. The number of benzene rings is 2. The second-order valence-corrected chi connectivity index (χ2v) is 7.91. The van der Waals surface area contributed by atoms with Gasteiger partial charge < -0.3 is 5.32 Å². The molecule has 26 heavy (non-hydrogen) atoms. The van der Waals surface area contributed by atoms with Crippen LogP contribution in [0.15, 0.2) is 41.3 Å². The number of halogens is 5. The summed E-state index contributed by atoms with van der Waals surface area (Å²) in [5.41, 5.74) is 1.85. The fourth-order valence-corrected chi connectivity index (χ4v) is 3.99. The molecule has 0 unspecified atom stereocenters. The van der Waals surface area contributed by atoms with Gasteiger partial charge in [0.05, 0.1) is 10.5 Å². The van der Waals surface area contributed by atoms with Gasteiger partial charge in [-0.05, 0) is 34.9 Å². The maximum Gasteiger partial charge on any atom is 0.416 e. The summed E-state index contributed by atoms with van der Waals surface area (Å²) in [5.74, 6) is 0. The average molecular weight is 427 g/mol. The first-order chi connectivity index (χ1) is 11.6. The summed E-state index contributed by atoms with van der Waals surface area (Å²) in [7, 11) is -4.13. The second kappa shape index (κ2) is 7.74. The van der Waals surface area contributed by atoms with Gasteiger partial charge in [-0.25, -0.2) is 13.1 Å². The highest BCUT2D eigenvalue weighted by Crippen LogP contribution is 2.33. The Morgan fingerprint density at radius 2 is 1.77 bits per heavy atom. The van der Waals surface area contributed by atoms with Crippen LogP contribution < -0.4 is 10.0 Å². The normalized spacial score (nSPS) is 14.0. The maximum atomic E-state index is 12.8. The van der Waals surface area contributed by atoms with Crippen molar-refractivity contribution in [3.63, 3.8) is 0 Å². The zero-order chi connectivity index (χ0) is 18.2. The molecule has 1 aliphatic heterocycles. The predicted molar refractivity (Wildman–Crippen MR) is 94.7 cm³/mol. The molecule has 3 rings (SSSR count). The highest BCUT2D eigenvalue weighted by molar-refractivity contribution is 7.89. The van der Waals surface area contributed by atoms with Crippen molar-refractivity contribution in [3.8, 4) is 0 Å². The Balaban J connectivity index is 0.00000243. The predicted octanol–water partition coefficient (Wildman–Crippen LogP) is 3.86. The highest BCUT2D eigenvalue weighted by atomic mass is 35.5. The summed E-state index contributed by atoms with van der Waals surface area (Å²) >= 11 is 5.64. The Kier molecular flexibility index (Phi) is 6.24. The Hall–Kier alpha value is -1.32. The standard InChI is InChI=1S/C16H14ClF3N2O2S.ClH/c17-14-4-13(16(18,19)20)5-15(6-14)25(23,24)22-7-10-1-2-11-8-21-9-12(11)3-10;/h1-6,21-22H,7-9H2;1H. The van der Waals surface area contributed by atoms with Crippen LogP contribution in [0.3, 0.4) is 0 Å². The molecule has 0 saturated heterocycles. The van der Waals surface area contributed by atoms with E-state index in [9.17, 15) is 21.6 Å². The molecule has 1 aliphatic rings. The van der Waals surface area contributed by atoms with Crippen molar-refractivity contribution in [1.29, 1.82) is 0 Å². The number of rotatable bonds is 4. The largest absolute Gasteiger partial charge is 0.416 e. The molecule has 4 nitrogen and oxygen atoms in total. The van der Waals surface area contributed by atoms with Crippen molar-refractivity contribution in [3.05, 3.63) is 63.7 Å². The minimum Gasteiger partial charge on any atom is -0.309 e. The molecule has 0 radical (unpaired) electrons. The number of hydrogen-bond acceptors (Lipinski definition) is 3. The van der Waals surface area contributed by atoms with E-state index in [1.807, 2.05) is 12.1 Å². The van der Waals surface area contributed by atoms with Gasteiger partial charge in [0.15, 0.2) is 0 Å². The molecule has 0 amide bonds. The first kappa shape index (κ1) is 21.0. The van der Waals surface area contributed by atoms with Crippen molar-refractivity contribution in [2.75, 3.05) is 0 Å². The SMILES string of the molecule is Cl.O=S(=O)(NCc1ccc2c(c1)CNC2)c1cc(Cl)cc(C(F)(F)F)c1. The molecule has 0 bridgehead atoms. The summed E-state index contributed by atoms with van der Waals surface area (Å²) in [4.78, 5) is -0.518. The van der Waals surface area contributed by atoms with Crippen LogP contribution in [0.4, 0.5) is 13.2 Å². The van der Waals surface area contributed by atoms with Crippen LogP contribution in [-0.2, 0) is 35.8 Å². The van der Waals surface area contributed by atoms with Gasteiger partial charge in [-0.15, -0.1) is 12.4 Å². The van der Waals surface area contributed by atoms with E-state index in [-0.39, 0.29) is 24.0 Å². The topological polar surface area (TPSA) is 58.2 Å². The Bertz CT molecular complexity index is 918. The monoisotopic (exact) mass is 426 g/mol. The van der Waals surface area contributed by atoms with Crippen molar-refractivity contribution in [2.24, 2.45) is 0 Å². The van der Waals surface area contributed by atoms with Crippen molar-refractivity contribution < 1.29 is 21.6 Å². The molecule has 0 saturated carbocycles. The molecule has 0 atom stereocenters. The van der Waals surface area contributed by atoms with Gasteiger partial charge in [0.25, 0.3) is 0 Å². The molecule has 0 spiro atoms. The minimum atomic E-state index is -4.68. The van der Waals surface area contributed by atoms with E-state index >= 15 is 0 Å². The number of fused-ring (bicyclic) bond motifs is 1. The highest BCUT2D eigenvalue weighted by Gasteiger charge is 2.32. The number of hydrogen-bond donors (Lipinski definition) is 2. The molecule has 2 aromatic carbocycles. The Morgan fingerprint density at radius 1 is 1.08 bits per heavy atom.